The molecule has 0 bridgehead atoms. The van der Waals surface area contributed by atoms with Gasteiger partial charge in [0.2, 0.25) is 0 Å². The molecule has 124 valence electrons. The van der Waals surface area contributed by atoms with Crippen LogP contribution in [0, 0.1) is 0 Å². The molecule has 0 spiro atoms. The molecular formula is C17H33NO2S. The average molecular weight is 316 g/mol. The molecule has 0 aliphatic carbocycles. The highest BCUT2D eigenvalue weighted by atomic mass is 32.1. The summed E-state index contributed by atoms with van der Waals surface area (Å²) in [6.07, 6.45) is 14.5. The lowest BCUT2D eigenvalue weighted by molar-refractivity contribution is 0.297. The predicted octanol–water partition coefficient (Wildman–Crippen LogP) is 3.98. The zero-order valence-corrected chi connectivity index (χ0v) is 14.5. The maximum absolute atomic E-state index is 8.80. The molecule has 3 nitrogen and oxygen atoms in total. The lowest BCUT2D eigenvalue weighted by Crippen LogP contribution is -2.37. The van der Waals surface area contributed by atoms with E-state index in [2.05, 4.69) is 12.2 Å². The molecular weight excluding hydrogens is 282 g/mol. The van der Waals surface area contributed by atoms with Crippen molar-refractivity contribution in [1.82, 2.24) is 5.32 Å². The van der Waals surface area contributed by atoms with Crippen LogP contribution in [-0.4, -0.2) is 35.5 Å². The van der Waals surface area contributed by atoms with Crippen LogP contribution in [0.2, 0.25) is 0 Å². The number of aliphatic hydroxyl groups is 1. The van der Waals surface area contributed by atoms with Crippen LogP contribution in [0.25, 0.3) is 0 Å². The van der Waals surface area contributed by atoms with Gasteiger partial charge in [-0.3, -0.25) is 0 Å². The Labute approximate surface area is 135 Å². The maximum Gasteiger partial charge on any atom is 0.141 e. The van der Waals surface area contributed by atoms with Crippen molar-refractivity contribution in [3.05, 3.63) is 0 Å². The Hall–Kier alpha value is -0.190. The van der Waals surface area contributed by atoms with Crippen LogP contribution in [-0.2, 0) is 4.74 Å². The van der Waals surface area contributed by atoms with E-state index >= 15 is 0 Å². The third kappa shape index (κ3) is 8.12. The summed E-state index contributed by atoms with van der Waals surface area (Å²) < 4.78 is 5.55. The zero-order valence-electron chi connectivity index (χ0n) is 13.7. The molecule has 2 N–H and O–H groups in total. The highest BCUT2D eigenvalue weighted by Gasteiger charge is 2.48. The highest BCUT2D eigenvalue weighted by molar-refractivity contribution is 7.80. The molecule has 0 amide bonds. The Bertz CT molecular complexity index is 280. The topological polar surface area (TPSA) is 44.8 Å². The van der Waals surface area contributed by atoms with Gasteiger partial charge in [0.1, 0.15) is 10.6 Å². The molecule has 1 saturated heterocycles. The first-order valence-corrected chi connectivity index (χ1v) is 9.19. The number of nitrogens with one attached hydrogen (secondary N) is 1. The average Bonchev–Trinajstić information content (AvgIpc) is 3.28. The smallest absolute Gasteiger partial charge is 0.141 e. The van der Waals surface area contributed by atoms with Crippen LogP contribution in [0.15, 0.2) is 0 Å². The lowest BCUT2D eigenvalue weighted by atomic mass is 10.00. The van der Waals surface area contributed by atoms with Crippen LogP contribution in [0.5, 0.6) is 0 Å². The van der Waals surface area contributed by atoms with Crippen molar-refractivity contribution in [2.45, 2.75) is 83.2 Å². The Morgan fingerprint density at radius 3 is 2.05 bits per heavy atom. The van der Waals surface area contributed by atoms with Gasteiger partial charge in [-0.1, -0.05) is 83.3 Å². The third-order valence-corrected chi connectivity index (χ3v) is 4.75. The summed E-state index contributed by atoms with van der Waals surface area (Å²) in [5, 5.41) is 11.9. The third-order valence-electron chi connectivity index (χ3n) is 4.24. The van der Waals surface area contributed by atoms with E-state index in [9.17, 15) is 0 Å². The van der Waals surface area contributed by atoms with E-state index in [1.54, 1.807) is 0 Å². The molecule has 0 aromatic heterocycles. The second kappa shape index (κ2) is 11.4. The van der Waals surface area contributed by atoms with Gasteiger partial charge in [0.25, 0.3) is 0 Å². The number of hydrogen-bond donors (Lipinski definition) is 2. The summed E-state index contributed by atoms with van der Waals surface area (Å²) in [5.41, 5.74) is -0.190. The van der Waals surface area contributed by atoms with Crippen LogP contribution >= 0.6 is 12.2 Å². The first-order valence-electron chi connectivity index (χ1n) is 8.78. The van der Waals surface area contributed by atoms with Crippen LogP contribution in [0.4, 0.5) is 0 Å². The van der Waals surface area contributed by atoms with Crippen molar-refractivity contribution in [3.63, 3.8) is 0 Å². The summed E-state index contributed by atoms with van der Waals surface area (Å²) in [6.45, 7) is 3.67. The Morgan fingerprint density at radius 2 is 1.57 bits per heavy atom. The number of epoxide rings is 1. The van der Waals surface area contributed by atoms with Crippen molar-refractivity contribution in [3.8, 4) is 0 Å². The van der Waals surface area contributed by atoms with Gasteiger partial charge in [-0.25, -0.2) is 0 Å². The van der Waals surface area contributed by atoms with Gasteiger partial charge in [0.15, 0.2) is 0 Å². The van der Waals surface area contributed by atoms with Gasteiger partial charge < -0.3 is 15.2 Å². The summed E-state index contributed by atoms with van der Waals surface area (Å²) >= 11 is 5.34. The second-order valence-corrected chi connectivity index (χ2v) is 6.60. The Balaban J connectivity index is 1.91. The van der Waals surface area contributed by atoms with Gasteiger partial charge in [-0.05, 0) is 6.42 Å². The fraction of sp³-hybridized carbons (Fsp3) is 0.941. The molecule has 0 aromatic carbocycles. The number of unbranched alkanes of at least 4 members (excludes halogenated alkanes) is 9. The van der Waals surface area contributed by atoms with E-state index in [4.69, 9.17) is 22.1 Å². The van der Waals surface area contributed by atoms with E-state index in [-0.39, 0.29) is 12.2 Å². The second-order valence-electron chi connectivity index (χ2n) is 6.19. The normalized spacial score (nSPS) is 20.5. The predicted molar refractivity (Wildman–Crippen MR) is 92.8 cm³/mol. The molecule has 1 heterocycles. The highest BCUT2D eigenvalue weighted by Crippen LogP contribution is 2.34. The Kier molecular flexibility index (Phi) is 10.2. The molecule has 0 aromatic rings. The van der Waals surface area contributed by atoms with Gasteiger partial charge in [0, 0.05) is 6.54 Å². The maximum atomic E-state index is 8.80. The van der Waals surface area contributed by atoms with E-state index in [1.807, 2.05) is 0 Å². The summed E-state index contributed by atoms with van der Waals surface area (Å²) in [5.74, 6) is 0. The van der Waals surface area contributed by atoms with E-state index in [0.29, 0.717) is 6.54 Å². The number of hydrogen-bond acceptors (Lipinski definition) is 3. The van der Waals surface area contributed by atoms with Gasteiger partial charge >= 0.3 is 0 Å². The number of rotatable bonds is 14. The van der Waals surface area contributed by atoms with Crippen LogP contribution < -0.4 is 5.32 Å². The SMILES string of the molecule is CCCCCCCCCCCCC1(C(=S)NCCO)CO1. The summed E-state index contributed by atoms with van der Waals surface area (Å²) in [7, 11) is 0. The molecule has 1 aliphatic rings. The first-order chi connectivity index (χ1) is 10.2. The van der Waals surface area contributed by atoms with E-state index in [1.165, 1.54) is 64.2 Å². The summed E-state index contributed by atoms with van der Waals surface area (Å²) in [6, 6.07) is 0. The molecule has 21 heavy (non-hydrogen) atoms. The zero-order chi connectivity index (χ0) is 15.4. The largest absolute Gasteiger partial charge is 0.395 e. The monoisotopic (exact) mass is 315 g/mol. The first kappa shape index (κ1) is 18.9. The molecule has 1 aliphatic heterocycles. The molecule has 4 heteroatoms. The molecule has 0 radical (unpaired) electrons. The van der Waals surface area contributed by atoms with Crippen molar-refractivity contribution in [1.29, 1.82) is 0 Å². The minimum Gasteiger partial charge on any atom is -0.395 e. The van der Waals surface area contributed by atoms with Crippen molar-refractivity contribution in [2.75, 3.05) is 19.8 Å². The van der Waals surface area contributed by atoms with Crippen molar-refractivity contribution >= 4 is 17.2 Å². The van der Waals surface area contributed by atoms with E-state index < -0.39 is 0 Å². The molecule has 1 unspecified atom stereocenters. The standard InChI is InChI=1S/C17H33NO2S/c1-2-3-4-5-6-7-8-9-10-11-12-17(15-20-17)16(21)18-13-14-19/h19H,2-15H2,1H3,(H,18,21). The van der Waals surface area contributed by atoms with Crippen LogP contribution in [0.1, 0.15) is 77.6 Å². The van der Waals surface area contributed by atoms with Crippen LogP contribution in [0.3, 0.4) is 0 Å². The lowest BCUT2D eigenvalue weighted by Gasteiger charge is -2.14. The van der Waals surface area contributed by atoms with Crippen molar-refractivity contribution in [2.24, 2.45) is 0 Å². The molecule has 1 rings (SSSR count). The molecule has 0 saturated carbocycles. The van der Waals surface area contributed by atoms with E-state index in [0.717, 1.165) is 18.0 Å². The van der Waals surface area contributed by atoms with Gasteiger partial charge in [-0.2, -0.15) is 0 Å². The van der Waals surface area contributed by atoms with Gasteiger partial charge in [0.05, 0.1) is 13.2 Å². The molecule has 1 fully saturated rings. The minimum absolute atomic E-state index is 0.120. The summed E-state index contributed by atoms with van der Waals surface area (Å²) in [4.78, 5) is 0.785. The van der Waals surface area contributed by atoms with Crippen molar-refractivity contribution < 1.29 is 9.84 Å². The Morgan fingerprint density at radius 1 is 1.05 bits per heavy atom. The van der Waals surface area contributed by atoms with Gasteiger partial charge in [-0.15, -0.1) is 0 Å². The minimum atomic E-state index is -0.190. The number of aliphatic hydroxyl groups excluding tert-OH is 1. The quantitative estimate of drug-likeness (QED) is 0.289. The number of thiocarbonyl (C=S) groups is 1. The molecule has 1 atom stereocenters. The fourth-order valence-electron chi connectivity index (χ4n) is 2.70. The number of ether oxygens (including phenoxy) is 1. The fourth-order valence-corrected chi connectivity index (χ4v) is 3.03.